The van der Waals surface area contributed by atoms with Gasteiger partial charge in [0.15, 0.2) is 17.6 Å². The van der Waals surface area contributed by atoms with E-state index in [9.17, 15) is 9.59 Å². The fourth-order valence-corrected chi connectivity index (χ4v) is 2.55. The van der Waals surface area contributed by atoms with Gasteiger partial charge in [-0.3, -0.25) is 4.79 Å². The monoisotopic (exact) mass is 339 g/mol. The number of carbonyl (C=O) groups is 2. The van der Waals surface area contributed by atoms with Crippen LogP contribution in [-0.4, -0.2) is 69.0 Å². The summed E-state index contributed by atoms with van der Waals surface area (Å²) in [5.41, 5.74) is 0.688. The van der Waals surface area contributed by atoms with Gasteiger partial charge in [-0.1, -0.05) is 0 Å². The second kappa shape index (κ2) is 7.87. The van der Waals surface area contributed by atoms with Gasteiger partial charge in [-0.2, -0.15) is 0 Å². The smallest absolute Gasteiger partial charge is 0.334 e. The molecule has 24 heavy (non-hydrogen) atoms. The van der Waals surface area contributed by atoms with Crippen molar-refractivity contribution in [2.45, 2.75) is 12.5 Å². The molecular formula is C16H21NO7. The highest BCUT2D eigenvalue weighted by Gasteiger charge is 2.29. The standard InChI is InChI=1S/C16H21NO7/c1-21-11-6-10(7-12(22-2)15(11)23-3)8-14(18)17-4-5-24-13(9-17)16(19)20/h6-7,13H,4-5,8-9H2,1-3H3,(H,19,20)/t13-/m0/s1. The van der Waals surface area contributed by atoms with Gasteiger partial charge < -0.3 is 29.0 Å². The number of hydrogen-bond donors (Lipinski definition) is 1. The van der Waals surface area contributed by atoms with Gasteiger partial charge in [0.05, 0.1) is 40.9 Å². The number of methoxy groups -OCH3 is 3. The van der Waals surface area contributed by atoms with Gasteiger partial charge in [0.2, 0.25) is 11.7 Å². The molecule has 2 rings (SSSR count). The van der Waals surface area contributed by atoms with Crippen LogP contribution in [0.5, 0.6) is 17.2 Å². The average Bonchev–Trinajstić information content (AvgIpc) is 2.60. The Morgan fingerprint density at radius 3 is 2.33 bits per heavy atom. The Labute approximate surface area is 139 Å². The Hall–Kier alpha value is -2.48. The molecule has 1 aromatic rings. The van der Waals surface area contributed by atoms with Crippen LogP contribution >= 0.6 is 0 Å². The van der Waals surface area contributed by atoms with E-state index in [1.54, 1.807) is 12.1 Å². The van der Waals surface area contributed by atoms with Crippen molar-refractivity contribution in [1.29, 1.82) is 0 Å². The molecule has 1 saturated heterocycles. The lowest BCUT2D eigenvalue weighted by Gasteiger charge is -2.31. The second-order valence-corrected chi connectivity index (χ2v) is 5.25. The molecule has 1 N–H and O–H groups in total. The number of nitrogens with zero attached hydrogens (tertiary/aromatic N) is 1. The quantitative estimate of drug-likeness (QED) is 0.809. The first kappa shape index (κ1) is 17.9. The summed E-state index contributed by atoms with van der Waals surface area (Å²) >= 11 is 0. The summed E-state index contributed by atoms with van der Waals surface area (Å²) in [7, 11) is 4.51. The van der Waals surface area contributed by atoms with Crippen LogP contribution in [-0.2, 0) is 20.7 Å². The number of carboxylic acids is 1. The summed E-state index contributed by atoms with van der Waals surface area (Å²) in [6.45, 7) is 0.615. The summed E-state index contributed by atoms with van der Waals surface area (Å²) in [6.07, 6.45) is -0.883. The third-order valence-electron chi connectivity index (χ3n) is 3.77. The molecule has 1 aromatic carbocycles. The zero-order valence-electron chi connectivity index (χ0n) is 13.9. The number of rotatable bonds is 6. The normalized spacial score (nSPS) is 17.3. The molecule has 0 radical (unpaired) electrons. The van der Waals surface area contributed by atoms with Gasteiger partial charge in [-0.25, -0.2) is 4.79 Å². The molecule has 1 atom stereocenters. The van der Waals surface area contributed by atoms with E-state index in [1.807, 2.05) is 0 Å². The molecule has 0 unspecified atom stereocenters. The third kappa shape index (κ3) is 3.88. The van der Waals surface area contributed by atoms with Gasteiger partial charge >= 0.3 is 5.97 Å². The van der Waals surface area contributed by atoms with Crippen LogP contribution in [0.4, 0.5) is 0 Å². The Kier molecular flexibility index (Phi) is 5.86. The fraction of sp³-hybridized carbons (Fsp3) is 0.500. The van der Waals surface area contributed by atoms with E-state index in [-0.39, 0.29) is 25.5 Å². The predicted molar refractivity (Wildman–Crippen MR) is 83.8 cm³/mol. The van der Waals surface area contributed by atoms with Crippen molar-refractivity contribution in [1.82, 2.24) is 4.90 Å². The van der Waals surface area contributed by atoms with Crippen molar-refractivity contribution in [3.05, 3.63) is 17.7 Å². The van der Waals surface area contributed by atoms with Crippen LogP contribution < -0.4 is 14.2 Å². The zero-order chi connectivity index (χ0) is 17.7. The maximum absolute atomic E-state index is 12.5. The Morgan fingerprint density at radius 2 is 1.83 bits per heavy atom. The molecule has 1 amide bonds. The molecule has 1 fully saturated rings. The Balaban J connectivity index is 2.15. The zero-order valence-corrected chi connectivity index (χ0v) is 13.9. The first-order valence-electron chi connectivity index (χ1n) is 7.41. The molecule has 0 spiro atoms. The highest BCUT2D eigenvalue weighted by atomic mass is 16.5. The maximum Gasteiger partial charge on any atom is 0.334 e. The van der Waals surface area contributed by atoms with E-state index in [4.69, 9.17) is 24.1 Å². The summed E-state index contributed by atoms with van der Waals surface area (Å²) in [5.74, 6) is 0.128. The molecule has 1 aliphatic heterocycles. The number of amides is 1. The van der Waals surface area contributed by atoms with Gasteiger partial charge in [0.1, 0.15) is 0 Å². The molecule has 0 saturated carbocycles. The third-order valence-corrected chi connectivity index (χ3v) is 3.77. The lowest BCUT2D eigenvalue weighted by Crippen LogP contribution is -2.49. The first-order valence-corrected chi connectivity index (χ1v) is 7.41. The van der Waals surface area contributed by atoms with Gasteiger partial charge in [-0.05, 0) is 17.7 Å². The van der Waals surface area contributed by atoms with Crippen molar-refractivity contribution in [3.8, 4) is 17.2 Å². The molecule has 0 aliphatic carbocycles. The van der Waals surface area contributed by atoms with Crippen LogP contribution in [0.1, 0.15) is 5.56 Å². The van der Waals surface area contributed by atoms with Crippen molar-refractivity contribution in [2.24, 2.45) is 0 Å². The Morgan fingerprint density at radius 1 is 1.21 bits per heavy atom. The summed E-state index contributed by atoms with van der Waals surface area (Å²) in [4.78, 5) is 25.0. The minimum absolute atomic E-state index is 0.0403. The van der Waals surface area contributed by atoms with Crippen molar-refractivity contribution in [3.63, 3.8) is 0 Å². The number of benzene rings is 1. The lowest BCUT2D eigenvalue weighted by atomic mass is 10.1. The van der Waals surface area contributed by atoms with Gasteiger partial charge in [-0.15, -0.1) is 0 Å². The number of morpholine rings is 1. The number of ether oxygens (including phenoxy) is 4. The molecular weight excluding hydrogens is 318 g/mol. The second-order valence-electron chi connectivity index (χ2n) is 5.25. The topological polar surface area (TPSA) is 94.5 Å². The van der Waals surface area contributed by atoms with Crippen LogP contribution in [0.3, 0.4) is 0 Å². The summed E-state index contributed by atoms with van der Waals surface area (Å²) in [5, 5.41) is 9.01. The fourth-order valence-electron chi connectivity index (χ4n) is 2.55. The van der Waals surface area contributed by atoms with Crippen LogP contribution in [0.25, 0.3) is 0 Å². The predicted octanol–water partition coefficient (Wildman–Crippen LogP) is 0.567. The summed E-state index contributed by atoms with van der Waals surface area (Å²) in [6, 6.07) is 3.41. The molecule has 8 heteroatoms. The molecule has 0 aromatic heterocycles. The van der Waals surface area contributed by atoms with E-state index < -0.39 is 12.1 Å². The van der Waals surface area contributed by atoms with E-state index >= 15 is 0 Å². The van der Waals surface area contributed by atoms with Crippen molar-refractivity contribution in [2.75, 3.05) is 41.0 Å². The lowest BCUT2D eigenvalue weighted by molar-refractivity contribution is -0.159. The van der Waals surface area contributed by atoms with E-state index in [0.29, 0.717) is 29.4 Å². The van der Waals surface area contributed by atoms with Gasteiger partial charge in [0.25, 0.3) is 0 Å². The van der Waals surface area contributed by atoms with E-state index in [1.165, 1.54) is 26.2 Å². The molecule has 1 aliphatic rings. The molecule has 8 nitrogen and oxygen atoms in total. The minimum atomic E-state index is -1.07. The van der Waals surface area contributed by atoms with Crippen LogP contribution in [0.15, 0.2) is 12.1 Å². The highest BCUT2D eigenvalue weighted by molar-refractivity contribution is 5.81. The first-order chi connectivity index (χ1) is 11.5. The van der Waals surface area contributed by atoms with Crippen molar-refractivity contribution < 1.29 is 33.6 Å². The number of carboxylic acid groups (broad SMARTS) is 1. The van der Waals surface area contributed by atoms with Crippen molar-refractivity contribution >= 4 is 11.9 Å². The molecule has 1 heterocycles. The number of carbonyl (C=O) groups excluding carboxylic acids is 1. The number of aliphatic carboxylic acids is 1. The largest absolute Gasteiger partial charge is 0.493 e. The minimum Gasteiger partial charge on any atom is -0.493 e. The summed E-state index contributed by atoms with van der Waals surface area (Å²) < 4.78 is 20.9. The maximum atomic E-state index is 12.5. The molecule has 132 valence electrons. The average molecular weight is 339 g/mol. The van der Waals surface area contributed by atoms with E-state index in [2.05, 4.69) is 0 Å². The molecule has 0 bridgehead atoms. The number of hydrogen-bond acceptors (Lipinski definition) is 6. The SMILES string of the molecule is COc1cc(CC(=O)N2CCO[C@H](C(=O)O)C2)cc(OC)c1OC. The van der Waals surface area contributed by atoms with Gasteiger partial charge in [0, 0.05) is 6.54 Å². The Bertz CT molecular complexity index is 591. The highest BCUT2D eigenvalue weighted by Crippen LogP contribution is 2.38. The van der Waals surface area contributed by atoms with Crippen LogP contribution in [0.2, 0.25) is 0 Å². The van der Waals surface area contributed by atoms with E-state index in [0.717, 1.165) is 0 Å². The van der Waals surface area contributed by atoms with Crippen LogP contribution in [0, 0.1) is 0 Å².